The van der Waals surface area contributed by atoms with Crippen molar-refractivity contribution in [3.8, 4) is 11.3 Å². The van der Waals surface area contributed by atoms with Gasteiger partial charge in [0.05, 0.1) is 29.6 Å². The minimum absolute atomic E-state index is 0.0727. The molecule has 3 heterocycles. The number of likely N-dealkylation sites (N-methyl/N-ethyl adjacent to an activating group) is 1. The fraction of sp³-hybridized carbons (Fsp3) is 0.318. The predicted molar refractivity (Wildman–Crippen MR) is 125 cm³/mol. The molecule has 1 aliphatic rings. The number of halogens is 2. The highest BCUT2D eigenvalue weighted by molar-refractivity contribution is 7.14. The normalized spacial score (nSPS) is 15.7. The van der Waals surface area contributed by atoms with Crippen molar-refractivity contribution in [1.82, 2.24) is 9.88 Å². The Morgan fingerprint density at radius 1 is 1.28 bits per heavy atom. The van der Waals surface area contributed by atoms with Crippen LogP contribution in [0.15, 0.2) is 46.4 Å². The highest BCUT2D eigenvalue weighted by Gasteiger charge is 2.28. The highest BCUT2D eigenvalue weighted by atomic mass is 35.5. The maximum absolute atomic E-state index is 13.2. The number of rotatable bonds is 7. The summed E-state index contributed by atoms with van der Waals surface area (Å²) in [6, 6.07) is 8.39. The van der Waals surface area contributed by atoms with Gasteiger partial charge in [-0.2, -0.15) is 0 Å². The molecule has 0 saturated carbocycles. The van der Waals surface area contributed by atoms with Crippen molar-refractivity contribution in [2.75, 3.05) is 31.6 Å². The maximum Gasteiger partial charge on any atom is 0.289 e. The molecule has 0 aliphatic carbocycles. The van der Waals surface area contributed by atoms with Gasteiger partial charge in [0.25, 0.3) is 5.91 Å². The van der Waals surface area contributed by atoms with Crippen LogP contribution < -0.4 is 4.90 Å². The first-order valence-electron chi connectivity index (χ1n) is 10.0. The second kappa shape index (κ2) is 10.0. The molecule has 1 unspecified atom stereocenters. The Kier molecular flexibility index (Phi) is 7.15. The average Bonchev–Trinajstić information content (AvgIpc) is 3.54. The third-order valence-corrected chi connectivity index (χ3v) is 6.50. The fourth-order valence-corrected chi connectivity index (χ4v) is 4.79. The van der Waals surface area contributed by atoms with E-state index in [-0.39, 0.29) is 30.2 Å². The number of benzene rings is 1. The lowest BCUT2D eigenvalue weighted by molar-refractivity contribution is -0.119. The first-order chi connectivity index (χ1) is 15.4. The Balaban J connectivity index is 1.55. The van der Waals surface area contributed by atoms with E-state index in [0.29, 0.717) is 34.0 Å². The largest absolute Gasteiger partial charge is 0.459 e. The summed E-state index contributed by atoms with van der Waals surface area (Å²) in [5.41, 5.74) is 1.38. The Hall–Kier alpha value is -2.39. The van der Waals surface area contributed by atoms with Crippen molar-refractivity contribution in [2.45, 2.75) is 18.9 Å². The lowest BCUT2D eigenvalue weighted by Crippen LogP contribution is -2.44. The van der Waals surface area contributed by atoms with Gasteiger partial charge in [0.2, 0.25) is 5.91 Å². The third-order valence-electron chi connectivity index (χ3n) is 5.09. The van der Waals surface area contributed by atoms with Gasteiger partial charge in [0.1, 0.15) is 6.54 Å². The number of furan rings is 1. The van der Waals surface area contributed by atoms with E-state index in [2.05, 4.69) is 4.98 Å². The topological polar surface area (TPSA) is 75.9 Å². The molecular weight excluding hydrogens is 473 g/mol. The number of aromatic nitrogens is 1. The van der Waals surface area contributed by atoms with E-state index in [1.165, 1.54) is 22.5 Å². The predicted octanol–water partition coefficient (Wildman–Crippen LogP) is 4.99. The van der Waals surface area contributed by atoms with E-state index in [1.807, 2.05) is 5.38 Å². The molecule has 0 bridgehead atoms. The van der Waals surface area contributed by atoms with Gasteiger partial charge in [-0.25, -0.2) is 4.98 Å². The van der Waals surface area contributed by atoms with Gasteiger partial charge in [-0.3, -0.25) is 14.5 Å². The number of carbonyl (C=O) groups excluding carboxylic acids is 2. The van der Waals surface area contributed by atoms with Crippen LogP contribution in [0, 0.1) is 0 Å². The second-order valence-corrected chi connectivity index (χ2v) is 9.10. The molecule has 10 heteroatoms. The lowest BCUT2D eigenvalue weighted by Gasteiger charge is -2.25. The van der Waals surface area contributed by atoms with Crippen LogP contribution in [0.25, 0.3) is 11.3 Å². The number of anilines is 1. The molecular formula is C22H21Cl2N3O4S. The quantitative estimate of drug-likeness (QED) is 0.463. The third kappa shape index (κ3) is 5.15. The molecule has 7 nitrogen and oxygen atoms in total. The summed E-state index contributed by atoms with van der Waals surface area (Å²) in [6.45, 7) is 0.916. The van der Waals surface area contributed by atoms with Gasteiger partial charge in [-0.05, 0) is 43.2 Å². The summed E-state index contributed by atoms with van der Waals surface area (Å²) in [7, 11) is 1.56. The lowest BCUT2D eigenvalue weighted by atomic mass is 10.2. The van der Waals surface area contributed by atoms with E-state index >= 15 is 0 Å². The zero-order chi connectivity index (χ0) is 22.7. The summed E-state index contributed by atoms with van der Waals surface area (Å²) in [5, 5.41) is 3.38. The van der Waals surface area contributed by atoms with Gasteiger partial charge >= 0.3 is 0 Å². The van der Waals surface area contributed by atoms with Gasteiger partial charge in [-0.1, -0.05) is 23.2 Å². The molecule has 1 fully saturated rings. The van der Waals surface area contributed by atoms with Crippen molar-refractivity contribution in [3.05, 3.63) is 57.8 Å². The molecule has 1 aromatic carbocycles. The van der Waals surface area contributed by atoms with E-state index < -0.39 is 0 Å². The van der Waals surface area contributed by atoms with Gasteiger partial charge < -0.3 is 14.1 Å². The zero-order valence-electron chi connectivity index (χ0n) is 17.3. The maximum atomic E-state index is 13.2. The number of thiazole rings is 1. The minimum Gasteiger partial charge on any atom is -0.459 e. The Bertz CT molecular complexity index is 1100. The van der Waals surface area contributed by atoms with Crippen molar-refractivity contribution >= 4 is 51.5 Å². The van der Waals surface area contributed by atoms with Crippen LogP contribution in [0.3, 0.4) is 0 Å². The number of hydrogen-bond acceptors (Lipinski definition) is 6. The Morgan fingerprint density at radius 3 is 2.81 bits per heavy atom. The minimum atomic E-state index is -0.367. The molecule has 168 valence electrons. The molecule has 0 N–H and O–H groups in total. The second-order valence-electron chi connectivity index (χ2n) is 7.42. The van der Waals surface area contributed by atoms with Crippen LogP contribution in [0.1, 0.15) is 23.4 Å². The average molecular weight is 494 g/mol. The van der Waals surface area contributed by atoms with Gasteiger partial charge in [0.15, 0.2) is 10.9 Å². The monoisotopic (exact) mass is 493 g/mol. The molecule has 4 rings (SSSR count). The van der Waals surface area contributed by atoms with Gasteiger partial charge in [0, 0.05) is 29.6 Å². The van der Waals surface area contributed by atoms with Crippen molar-refractivity contribution in [1.29, 1.82) is 0 Å². The molecule has 1 aliphatic heterocycles. The summed E-state index contributed by atoms with van der Waals surface area (Å²) >= 11 is 13.7. The molecule has 0 spiro atoms. The van der Waals surface area contributed by atoms with Crippen LogP contribution in [0.2, 0.25) is 10.0 Å². The Morgan fingerprint density at radius 2 is 2.12 bits per heavy atom. The number of hydrogen-bond donors (Lipinski definition) is 0. The summed E-state index contributed by atoms with van der Waals surface area (Å²) < 4.78 is 10.9. The molecule has 2 amide bonds. The van der Waals surface area contributed by atoms with Crippen LogP contribution >= 0.6 is 34.5 Å². The molecule has 1 atom stereocenters. The number of carbonyl (C=O) groups is 2. The fourth-order valence-electron chi connectivity index (χ4n) is 3.44. The summed E-state index contributed by atoms with van der Waals surface area (Å²) in [5.74, 6) is -0.445. The van der Waals surface area contributed by atoms with E-state index in [9.17, 15) is 9.59 Å². The highest BCUT2D eigenvalue weighted by Crippen LogP contribution is 2.34. The summed E-state index contributed by atoms with van der Waals surface area (Å²) in [6.07, 6.45) is 3.17. The number of nitrogens with zero attached hydrogens (tertiary/aromatic N) is 3. The van der Waals surface area contributed by atoms with Gasteiger partial charge in [-0.15, -0.1) is 11.3 Å². The first-order valence-corrected chi connectivity index (χ1v) is 11.7. The molecule has 32 heavy (non-hydrogen) atoms. The van der Waals surface area contributed by atoms with Crippen LogP contribution in [-0.2, 0) is 9.53 Å². The number of ether oxygens (including phenoxy) is 1. The molecule has 2 aromatic heterocycles. The van der Waals surface area contributed by atoms with Crippen molar-refractivity contribution in [3.63, 3.8) is 0 Å². The molecule has 3 aromatic rings. The molecule has 1 saturated heterocycles. The van der Waals surface area contributed by atoms with Crippen molar-refractivity contribution in [2.24, 2.45) is 0 Å². The smallest absolute Gasteiger partial charge is 0.289 e. The standard InChI is InChI=1S/C22H21Cl2N3O4S/c1-26(21(29)19-5-3-9-31-19)12-20(28)27(11-15-4-2-8-30-15)22-25-18(13-32-22)16-7-6-14(23)10-17(16)24/h3,5-7,9-10,13,15H,2,4,8,11-12H2,1H3. The van der Waals surface area contributed by atoms with Crippen molar-refractivity contribution < 1.29 is 18.7 Å². The van der Waals surface area contributed by atoms with Crippen LogP contribution in [0.4, 0.5) is 5.13 Å². The molecule has 0 radical (unpaired) electrons. The van der Waals surface area contributed by atoms with E-state index in [0.717, 1.165) is 18.4 Å². The zero-order valence-corrected chi connectivity index (χ0v) is 19.6. The van der Waals surface area contributed by atoms with Crippen LogP contribution in [-0.4, -0.2) is 54.5 Å². The van der Waals surface area contributed by atoms with E-state index in [4.69, 9.17) is 32.4 Å². The SMILES string of the molecule is CN(CC(=O)N(CC1CCCO1)c1nc(-c2ccc(Cl)cc2Cl)cs1)C(=O)c1ccco1. The summed E-state index contributed by atoms with van der Waals surface area (Å²) in [4.78, 5) is 33.3. The number of amides is 2. The van der Waals surface area contributed by atoms with E-state index in [1.54, 1.807) is 42.3 Å². The Labute approximate surface area is 199 Å². The first kappa shape index (κ1) is 22.8. The van der Waals surface area contributed by atoms with Crippen LogP contribution in [0.5, 0.6) is 0 Å².